The highest BCUT2D eigenvalue weighted by Gasteiger charge is 2.03. The molecule has 0 bridgehead atoms. The first-order valence-corrected chi connectivity index (χ1v) is 3.72. The molecule has 0 aliphatic heterocycles. The molecule has 0 saturated carbocycles. The average Bonchev–Trinajstić information content (AvgIpc) is 2.20. The van der Waals surface area contributed by atoms with Crippen LogP contribution >= 0.6 is 11.6 Å². The zero-order valence-corrected chi connectivity index (χ0v) is 6.94. The molecule has 0 spiro atoms. The highest BCUT2D eigenvalue weighted by Crippen LogP contribution is 2.14. The molecule has 1 radical (unpaired) electrons. The topological polar surface area (TPSA) is 17.8 Å². The second kappa shape index (κ2) is 3.06. The van der Waals surface area contributed by atoms with Crippen molar-refractivity contribution in [2.45, 2.75) is 19.8 Å². The van der Waals surface area contributed by atoms with E-state index < -0.39 is 0 Å². The molecular weight excluding hydrogens is 148 g/mol. The largest absolute Gasteiger partial charge is 0.270 e. The van der Waals surface area contributed by atoms with E-state index in [1.165, 1.54) is 0 Å². The van der Waals surface area contributed by atoms with E-state index in [2.05, 4.69) is 18.2 Å². The van der Waals surface area contributed by atoms with Gasteiger partial charge in [-0.15, -0.1) is 0 Å². The van der Waals surface area contributed by atoms with Crippen molar-refractivity contribution in [3.05, 3.63) is 16.9 Å². The zero-order valence-electron chi connectivity index (χ0n) is 6.19. The first kappa shape index (κ1) is 7.61. The van der Waals surface area contributed by atoms with Crippen LogP contribution in [0, 0.1) is 6.20 Å². The highest BCUT2D eigenvalue weighted by atomic mass is 35.5. The van der Waals surface area contributed by atoms with Crippen LogP contribution in [0.1, 0.15) is 19.0 Å². The predicted octanol–water partition coefficient (Wildman–Crippen LogP) is 1.83. The molecule has 0 aliphatic rings. The molecule has 0 N–H and O–H groups in total. The molecule has 0 aromatic carbocycles. The molecule has 2 nitrogen and oxygen atoms in total. The third-order valence-corrected chi connectivity index (χ3v) is 1.73. The average molecular weight is 158 g/mol. The minimum absolute atomic E-state index is 0.657. The van der Waals surface area contributed by atoms with Gasteiger partial charge in [-0.05, 0) is 6.42 Å². The van der Waals surface area contributed by atoms with Crippen molar-refractivity contribution in [2.24, 2.45) is 7.05 Å². The lowest BCUT2D eigenvalue weighted by Gasteiger charge is -1.97. The molecule has 0 amide bonds. The summed E-state index contributed by atoms with van der Waals surface area (Å²) in [6.45, 7) is 2.11. The van der Waals surface area contributed by atoms with Crippen LogP contribution in [0.25, 0.3) is 0 Å². The van der Waals surface area contributed by atoms with Crippen LogP contribution < -0.4 is 0 Å². The Morgan fingerprint density at radius 3 is 2.80 bits per heavy atom. The van der Waals surface area contributed by atoms with E-state index in [0.29, 0.717) is 5.02 Å². The normalized spacial score (nSPS) is 10.3. The maximum Gasteiger partial charge on any atom is 0.133 e. The Kier molecular flexibility index (Phi) is 2.33. The Balaban J connectivity index is 2.87. The van der Waals surface area contributed by atoms with Gasteiger partial charge in [0, 0.05) is 7.05 Å². The van der Waals surface area contributed by atoms with Crippen LogP contribution in [0.15, 0.2) is 0 Å². The molecule has 55 valence electrons. The molecule has 1 aromatic heterocycles. The SMILES string of the molecule is CCCc1c(Cl)[c]nn1C. The van der Waals surface area contributed by atoms with Crippen molar-refractivity contribution in [2.75, 3.05) is 0 Å². The summed E-state index contributed by atoms with van der Waals surface area (Å²) in [5.41, 5.74) is 1.07. The molecule has 0 fully saturated rings. The van der Waals surface area contributed by atoms with E-state index in [0.717, 1.165) is 18.5 Å². The lowest BCUT2D eigenvalue weighted by Crippen LogP contribution is -1.97. The van der Waals surface area contributed by atoms with Gasteiger partial charge < -0.3 is 0 Å². The summed E-state index contributed by atoms with van der Waals surface area (Å²) in [4.78, 5) is 0. The van der Waals surface area contributed by atoms with Crippen molar-refractivity contribution in [1.82, 2.24) is 9.78 Å². The first-order chi connectivity index (χ1) is 4.75. The fourth-order valence-electron chi connectivity index (χ4n) is 0.894. The monoisotopic (exact) mass is 157 g/mol. The molecular formula is C7H10ClN2. The summed E-state index contributed by atoms with van der Waals surface area (Å²) >= 11 is 5.78. The second-order valence-electron chi connectivity index (χ2n) is 2.25. The van der Waals surface area contributed by atoms with Crippen LogP contribution in [0.5, 0.6) is 0 Å². The summed E-state index contributed by atoms with van der Waals surface area (Å²) in [7, 11) is 1.88. The smallest absolute Gasteiger partial charge is 0.133 e. The maximum absolute atomic E-state index is 5.78. The van der Waals surface area contributed by atoms with Gasteiger partial charge in [0.15, 0.2) is 0 Å². The van der Waals surface area contributed by atoms with E-state index in [9.17, 15) is 0 Å². The van der Waals surface area contributed by atoms with Crippen LogP contribution in [-0.2, 0) is 13.5 Å². The Hall–Kier alpha value is -0.500. The molecule has 1 aromatic rings. The Bertz CT molecular complexity index is 198. The van der Waals surface area contributed by atoms with E-state index >= 15 is 0 Å². The van der Waals surface area contributed by atoms with Crippen molar-refractivity contribution < 1.29 is 0 Å². The standard InChI is InChI=1S/C7H10ClN2/c1-3-4-7-6(8)5-9-10(7)2/h3-4H2,1-2H3. The third kappa shape index (κ3) is 1.32. The number of rotatable bonds is 2. The molecule has 10 heavy (non-hydrogen) atoms. The van der Waals surface area contributed by atoms with E-state index in [-0.39, 0.29) is 0 Å². The van der Waals surface area contributed by atoms with Gasteiger partial charge in [-0.1, -0.05) is 24.9 Å². The number of halogens is 1. The van der Waals surface area contributed by atoms with Crippen molar-refractivity contribution >= 4 is 11.6 Å². The molecule has 3 heteroatoms. The first-order valence-electron chi connectivity index (χ1n) is 3.34. The Labute approximate surface area is 65.8 Å². The van der Waals surface area contributed by atoms with Gasteiger partial charge in [0.05, 0.1) is 10.7 Å². The van der Waals surface area contributed by atoms with Crippen LogP contribution in [-0.4, -0.2) is 9.78 Å². The Morgan fingerprint density at radius 2 is 2.40 bits per heavy atom. The second-order valence-corrected chi connectivity index (χ2v) is 2.62. The van der Waals surface area contributed by atoms with Gasteiger partial charge in [0.25, 0.3) is 0 Å². The fraction of sp³-hybridized carbons (Fsp3) is 0.571. The lowest BCUT2D eigenvalue weighted by molar-refractivity contribution is 0.697. The minimum Gasteiger partial charge on any atom is -0.270 e. The van der Waals surface area contributed by atoms with Gasteiger partial charge >= 0.3 is 0 Å². The number of nitrogens with zero attached hydrogens (tertiary/aromatic N) is 2. The Morgan fingerprint density at radius 1 is 1.70 bits per heavy atom. The summed E-state index contributed by atoms with van der Waals surface area (Å²) in [6.07, 6.45) is 4.77. The molecule has 0 saturated heterocycles. The lowest BCUT2D eigenvalue weighted by atomic mass is 10.2. The van der Waals surface area contributed by atoms with Gasteiger partial charge in [-0.25, -0.2) is 0 Å². The molecule has 0 aliphatic carbocycles. The summed E-state index contributed by atoms with van der Waals surface area (Å²) in [5, 5.41) is 4.55. The van der Waals surface area contributed by atoms with Crippen LogP contribution in [0.4, 0.5) is 0 Å². The van der Waals surface area contributed by atoms with Gasteiger partial charge in [-0.3, -0.25) is 4.68 Å². The number of aryl methyl sites for hydroxylation is 1. The predicted molar refractivity (Wildman–Crippen MR) is 41.0 cm³/mol. The third-order valence-electron chi connectivity index (χ3n) is 1.43. The van der Waals surface area contributed by atoms with Gasteiger partial charge in [-0.2, -0.15) is 5.10 Å². The van der Waals surface area contributed by atoms with Crippen molar-refractivity contribution in [1.29, 1.82) is 0 Å². The summed E-state index contributed by atoms with van der Waals surface area (Å²) < 4.78 is 1.77. The number of hydrogen-bond acceptors (Lipinski definition) is 1. The molecule has 0 unspecified atom stereocenters. The van der Waals surface area contributed by atoms with Gasteiger partial charge in [0.1, 0.15) is 6.20 Å². The fourth-order valence-corrected chi connectivity index (χ4v) is 1.15. The zero-order chi connectivity index (χ0) is 7.56. The summed E-state index contributed by atoms with van der Waals surface area (Å²) in [6, 6.07) is 0. The number of aromatic nitrogens is 2. The number of hydrogen-bond donors (Lipinski definition) is 0. The summed E-state index contributed by atoms with van der Waals surface area (Å²) in [5.74, 6) is 0. The van der Waals surface area contributed by atoms with E-state index in [1.807, 2.05) is 7.05 Å². The molecule has 0 atom stereocenters. The van der Waals surface area contributed by atoms with E-state index in [4.69, 9.17) is 11.6 Å². The molecule has 1 rings (SSSR count). The minimum atomic E-state index is 0.657. The van der Waals surface area contributed by atoms with Crippen LogP contribution in [0.2, 0.25) is 5.02 Å². The highest BCUT2D eigenvalue weighted by molar-refractivity contribution is 6.31. The quantitative estimate of drug-likeness (QED) is 0.641. The molecule has 1 heterocycles. The van der Waals surface area contributed by atoms with Crippen LogP contribution in [0.3, 0.4) is 0 Å². The van der Waals surface area contributed by atoms with Gasteiger partial charge in [0.2, 0.25) is 0 Å². The van der Waals surface area contributed by atoms with Crippen molar-refractivity contribution in [3.63, 3.8) is 0 Å². The van der Waals surface area contributed by atoms with E-state index in [1.54, 1.807) is 4.68 Å². The van der Waals surface area contributed by atoms with Crippen molar-refractivity contribution in [3.8, 4) is 0 Å². The maximum atomic E-state index is 5.78.